The van der Waals surface area contributed by atoms with Gasteiger partial charge in [0.1, 0.15) is 10.6 Å². The van der Waals surface area contributed by atoms with Crippen molar-refractivity contribution in [3.05, 3.63) is 39.1 Å². The summed E-state index contributed by atoms with van der Waals surface area (Å²) >= 11 is 11.2. The van der Waals surface area contributed by atoms with Crippen LogP contribution in [0, 0.1) is 0 Å². The number of thiophene rings is 1. The van der Waals surface area contributed by atoms with Crippen LogP contribution in [0.2, 0.25) is 5.02 Å². The zero-order valence-corrected chi connectivity index (χ0v) is 14.3. The van der Waals surface area contributed by atoms with Crippen molar-refractivity contribution in [2.75, 3.05) is 17.2 Å². The zero-order chi connectivity index (χ0) is 14.8. The van der Waals surface area contributed by atoms with Gasteiger partial charge >= 0.3 is 0 Å². The van der Waals surface area contributed by atoms with Gasteiger partial charge < -0.3 is 10.6 Å². The average molecular weight is 384 g/mol. The lowest BCUT2D eigenvalue weighted by Gasteiger charge is -2.10. The summed E-state index contributed by atoms with van der Waals surface area (Å²) in [7, 11) is 0. The van der Waals surface area contributed by atoms with Gasteiger partial charge in [0.2, 0.25) is 5.95 Å². The van der Waals surface area contributed by atoms with Crippen LogP contribution in [0.3, 0.4) is 0 Å². The van der Waals surface area contributed by atoms with E-state index in [4.69, 9.17) is 11.6 Å². The molecule has 1 aromatic carbocycles. The molecule has 21 heavy (non-hydrogen) atoms. The predicted molar refractivity (Wildman–Crippen MR) is 94.0 cm³/mol. The number of nitrogens with one attached hydrogen (secondary N) is 2. The van der Waals surface area contributed by atoms with Crippen LogP contribution in [-0.2, 0) is 0 Å². The third-order valence-electron chi connectivity index (χ3n) is 2.84. The number of benzene rings is 1. The lowest BCUT2D eigenvalue weighted by Crippen LogP contribution is -2.04. The standard InChI is InChI=1S/C14H12BrClN4S/c1-2-17-14-19-12(9-5-6-21-13(9)20-14)18-11-4-3-8(15)7-10(11)16/h3-7H,2H2,1H3,(H2,17,18,19,20). The van der Waals surface area contributed by atoms with Crippen LogP contribution in [0.25, 0.3) is 10.2 Å². The molecule has 0 unspecified atom stereocenters. The molecule has 0 radical (unpaired) electrons. The van der Waals surface area contributed by atoms with E-state index in [-0.39, 0.29) is 0 Å². The Kier molecular flexibility index (Phi) is 4.28. The van der Waals surface area contributed by atoms with E-state index < -0.39 is 0 Å². The van der Waals surface area contributed by atoms with Crippen molar-refractivity contribution in [1.82, 2.24) is 9.97 Å². The molecule has 3 aromatic rings. The number of fused-ring (bicyclic) bond motifs is 1. The molecule has 0 aliphatic rings. The van der Waals surface area contributed by atoms with Crippen LogP contribution in [0.15, 0.2) is 34.1 Å². The van der Waals surface area contributed by atoms with Crippen molar-refractivity contribution in [2.45, 2.75) is 6.92 Å². The molecule has 0 spiro atoms. The van der Waals surface area contributed by atoms with E-state index in [1.807, 2.05) is 36.6 Å². The normalized spacial score (nSPS) is 10.8. The number of halogens is 2. The highest BCUT2D eigenvalue weighted by molar-refractivity contribution is 9.10. The fourth-order valence-corrected chi connectivity index (χ4v) is 3.39. The maximum Gasteiger partial charge on any atom is 0.226 e. The van der Waals surface area contributed by atoms with E-state index in [0.29, 0.717) is 11.0 Å². The van der Waals surface area contributed by atoms with Gasteiger partial charge in [0.05, 0.1) is 16.1 Å². The summed E-state index contributed by atoms with van der Waals surface area (Å²) in [6.07, 6.45) is 0. The number of rotatable bonds is 4. The van der Waals surface area contributed by atoms with Gasteiger partial charge in [-0.25, -0.2) is 4.98 Å². The van der Waals surface area contributed by atoms with Crippen molar-refractivity contribution in [1.29, 1.82) is 0 Å². The third-order valence-corrected chi connectivity index (χ3v) is 4.46. The summed E-state index contributed by atoms with van der Waals surface area (Å²) in [6.45, 7) is 2.79. The Morgan fingerprint density at radius 2 is 2.14 bits per heavy atom. The minimum atomic E-state index is 0.614. The molecule has 3 rings (SSSR count). The quantitative estimate of drug-likeness (QED) is 0.643. The van der Waals surface area contributed by atoms with Gasteiger partial charge in [-0.1, -0.05) is 27.5 Å². The maximum atomic E-state index is 6.26. The molecule has 0 aliphatic carbocycles. The van der Waals surface area contributed by atoms with Crippen LogP contribution in [0.1, 0.15) is 6.92 Å². The molecule has 2 N–H and O–H groups in total. The van der Waals surface area contributed by atoms with E-state index in [0.717, 1.165) is 32.7 Å². The Morgan fingerprint density at radius 1 is 1.29 bits per heavy atom. The number of nitrogens with zero attached hydrogens (tertiary/aromatic N) is 2. The third kappa shape index (κ3) is 3.12. The lowest BCUT2D eigenvalue weighted by molar-refractivity contribution is 1.11. The molecule has 7 heteroatoms. The Morgan fingerprint density at radius 3 is 2.90 bits per heavy atom. The highest BCUT2D eigenvalue weighted by Gasteiger charge is 2.10. The molecule has 2 aromatic heterocycles. The minimum Gasteiger partial charge on any atom is -0.354 e. The van der Waals surface area contributed by atoms with E-state index >= 15 is 0 Å². The number of anilines is 3. The monoisotopic (exact) mass is 382 g/mol. The first-order chi connectivity index (χ1) is 10.2. The number of aromatic nitrogens is 2. The smallest absolute Gasteiger partial charge is 0.226 e. The van der Waals surface area contributed by atoms with Gasteiger partial charge in [-0.3, -0.25) is 0 Å². The summed E-state index contributed by atoms with van der Waals surface area (Å²) in [5, 5.41) is 10.1. The molecule has 2 heterocycles. The maximum absolute atomic E-state index is 6.26. The first-order valence-electron chi connectivity index (χ1n) is 6.38. The molecule has 4 nitrogen and oxygen atoms in total. The van der Waals surface area contributed by atoms with Gasteiger partial charge in [-0.2, -0.15) is 4.98 Å². The minimum absolute atomic E-state index is 0.614. The summed E-state index contributed by atoms with van der Waals surface area (Å²) in [5.41, 5.74) is 0.813. The van der Waals surface area contributed by atoms with E-state index in [2.05, 4.69) is 36.5 Å². The van der Waals surface area contributed by atoms with E-state index in [9.17, 15) is 0 Å². The van der Waals surface area contributed by atoms with Gasteiger partial charge in [0.15, 0.2) is 0 Å². The van der Waals surface area contributed by atoms with E-state index in [1.165, 1.54) is 0 Å². The fraction of sp³-hybridized carbons (Fsp3) is 0.143. The highest BCUT2D eigenvalue weighted by atomic mass is 79.9. The predicted octanol–water partition coefficient (Wildman–Crippen LogP) is 5.28. The lowest BCUT2D eigenvalue weighted by atomic mass is 10.3. The van der Waals surface area contributed by atoms with Crippen molar-refractivity contribution in [3.8, 4) is 0 Å². The first kappa shape index (κ1) is 14.6. The van der Waals surface area contributed by atoms with Crippen LogP contribution >= 0.6 is 38.9 Å². The molecule has 0 bridgehead atoms. The second-order valence-corrected chi connectivity index (χ2v) is 6.53. The average Bonchev–Trinajstić information content (AvgIpc) is 2.91. The second-order valence-electron chi connectivity index (χ2n) is 4.31. The Balaban J connectivity index is 2.04. The number of hydrogen-bond donors (Lipinski definition) is 2. The SMILES string of the molecule is CCNc1nc(Nc2ccc(Br)cc2Cl)c2ccsc2n1. The summed E-state index contributed by atoms with van der Waals surface area (Å²) in [6, 6.07) is 7.71. The molecule has 0 amide bonds. The van der Waals surface area contributed by atoms with Gasteiger partial charge in [0.25, 0.3) is 0 Å². The molecular weight excluding hydrogens is 372 g/mol. The van der Waals surface area contributed by atoms with Crippen LogP contribution < -0.4 is 10.6 Å². The molecule has 0 atom stereocenters. The largest absolute Gasteiger partial charge is 0.354 e. The van der Waals surface area contributed by atoms with Crippen molar-refractivity contribution < 1.29 is 0 Å². The van der Waals surface area contributed by atoms with E-state index in [1.54, 1.807) is 11.3 Å². The second kappa shape index (κ2) is 6.17. The van der Waals surface area contributed by atoms with Crippen molar-refractivity contribution in [3.63, 3.8) is 0 Å². The zero-order valence-electron chi connectivity index (χ0n) is 11.2. The molecule has 0 saturated carbocycles. The number of hydrogen-bond acceptors (Lipinski definition) is 5. The molecule has 108 valence electrons. The first-order valence-corrected chi connectivity index (χ1v) is 8.43. The summed E-state index contributed by atoms with van der Waals surface area (Å²) < 4.78 is 0.940. The van der Waals surface area contributed by atoms with Crippen LogP contribution in [0.4, 0.5) is 17.5 Å². The molecule has 0 fully saturated rings. The summed E-state index contributed by atoms with van der Waals surface area (Å²) in [4.78, 5) is 9.95. The summed E-state index contributed by atoms with van der Waals surface area (Å²) in [5.74, 6) is 1.37. The fourth-order valence-electron chi connectivity index (χ4n) is 1.91. The Bertz CT molecular complexity index is 790. The Labute approximate surface area is 139 Å². The highest BCUT2D eigenvalue weighted by Crippen LogP contribution is 2.32. The Hall–Kier alpha value is -1.37. The topological polar surface area (TPSA) is 49.8 Å². The molecule has 0 saturated heterocycles. The van der Waals surface area contributed by atoms with Crippen LogP contribution in [-0.4, -0.2) is 16.5 Å². The van der Waals surface area contributed by atoms with Crippen LogP contribution in [0.5, 0.6) is 0 Å². The molecule has 0 aliphatic heterocycles. The van der Waals surface area contributed by atoms with Gasteiger partial charge in [-0.15, -0.1) is 11.3 Å². The van der Waals surface area contributed by atoms with Gasteiger partial charge in [-0.05, 0) is 36.6 Å². The van der Waals surface area contributed by atoms with Gasteiger partial charge in [0, 0.05) is 11.0 Å². The van der Waals surface area contributed by atoms with Crippen molar-refractivity contribution >= 4 is 66.5 Å². The van der Waals surface area contributed by atoms with Crippen molar-refractivity contribution in [2.24, 2.45) is 0 Å². The molecular formula is C14H12BrClN4S.